The molecule has 0 radical (unpaired) electrons. The molecule has 0 fully saturated rings. The largest absolute Gasteiger partial charge is 0.496 e. The highest BCUT2D eigenvalue weighted by Crippen LogP contribution is 2.28. The van der Waals surface area contributed by atoms with Gasteiger partial charge in [0.2, 0.25) is 0 Å². The Bertz CT molecular complexity index is 304. The first-order valence-electron chi connectivity index (χ1n) is 4.33. The number of aliphatic hydroxyl groups excluding tert-OH is 1. The van der Waals surface area contributed by atoms with Crippen LogP contribution in [0.25, 0.3) is 0 Å². The van der Waals surface area contributed by atoms with Crippen molar-refractivity contribution in [2.24, 2.45) is 5.73 Å². The summed E-state index contributed by atoms with van der Waals surface area (Å²) in [6.07, 6.45) is 1.33. The van der Waals surface area contributed by atoms with Gasteiger partial charge in [0.15, 0.2) is 0 Å². The first-order chi connectivity index (χ1) is 6.72. The minimum absolute atomic E-state index is 0.203. The second-order valence-corrected chi connectivity index (χ2v) is 3.74. The Hall–Kier alpha value is -0.710. The van der Waals surface area contributed by atoms with Crippen LogP contribution in [0.4, 0.5) is 0 Å². The highest BCUT2D eigenvalue weighted by molar-refractivity contribution is 7.98. The van der Waals surface area contributed by atoms with Gasteiger partial charge < -0.3 is 15.6 Å². The Labute approximate surface area is 88.3 Å². The van der Waals surface area contributed by atoms with Gasteiger partial charge in [-0.25, -0.2) is 0 Å². The lowest BCUT2D eigenvalue weighted by Crippen LogP contribution is -2.12. The molecule has 0 saturated heterocycles. The third kappa shape index (κ3) is 2.41. The van der Waals surface area contributed by atoms with Gasteiger partial charge in [0.25, 0.3) is 0 Å². The third-order valence-electron chi connectivity index (χ3n) is 2.02. The monoisotopic (exact) mass is 213 g/mol. The molecule has 0 aliphatic rings. The van der Waals surface area contributed by atoms with Gasteiger partial charge in [-0.2, -0.15) is 0 Å². The van der Waals surface area contributed by atoms with E-state index in [2.05, 4.69) is 0 Å². The van der Waals surface area contributed by atoms with Gasteiger partial charge in [0.05, 0.1) is 13.2 Å². The molecule has 1 aromatic carbocycles. The van der Waals surface area contributed by atoms with E-state index in [1.807, 2.05) is 24.5 Å². The number of nitrogens with two attached hydrogens (primary N) is 1. The zero-order valence-corrected chi connectivity index (χ0v) is 9.17. The van der Waals surface area contributed by atoms with Crippen molar-refractivity contribution in [3.8, 4) is 5.75 Å². The van der Waals surface area contributed by atoms with Gasteiger partial charge in [-0.3, -0.25) is 0 Å². The van der Waals surface area contributed by atoms with Crippen LogP contribution in [-0.4, -0.2) is 25.0 Å². The van der Waals surface area contributed by atoms with Crippen molar-refractivity contribution in [1.29, 1.82) is 0 Å². The summed E-state index contributed by atoms with van der Waals surface area (Å²) in [6.45, 7) is 0.203. The number of ether oxygens (including phenoxy) is 1. The van der Waals surface area contributed by atoms with Crippen LogP contribution in [0.15, 0.2) is 23.1 Å². The zero-order valence-electron chi connectivity index (χ0n) is 8.36. The molecule has 1 unspecified atom stereocenters. The summed E-state index contributed by atoms with van der Waals surface area (Å²) in [5, 5.41) is 9.65. The van der Waals surface area contributed by atoms with Crippen molar-refractivity contribution in [2.45, 2.75) is 11.0 Å². The maximum absolute atomic E-state index is 9.65. The van der Waals surface area contributed by atoms with E-state index in [0.29, 0.717) is 5.75 Å². The fourth-order valence-electron chi connectivity index (χ4n) is 1.23. The summed E-state index contributed by atoms with van der Waals surface area (Å²) in [5.74, 6) is 0.681. The highest BCUT2D eigenvalue weighted by Gasteiger charge is 2.11. The molecule has 0 bridgehead atoms. The molecular weight excluding hydrogens is 198 g/mol. The van der Waals surface area contributed by atoms with E-state index in [1.165, 1.54) is 0 Å². The Morgan fingerprint density at radius 2 is 2.29 bits per heavy atom. The Morgan fingerprint density at radius 1 is 1.57 bits per heavy atom. The van der Waals surface area contributed by atoms with E-state index in [9.17, 15) is 5.11 Å². The van der Waals surface area contributed by atoms with E-state index in [0.717, 1.165) is 10.5 Å². The van der Waals surface area contributed by atoms with Crippen LogP contribution in [0.3, 0.4) is 0 Å². The molecule has 1 rings (SSSR count). The van der Waals surface area contributed by atoms with Crippen LogP contribution in [0.5, 0.6) is 5.75 Å². The fraction of sp³-hybridized carbons (Fsp3) is 0.400. The lowest BCUT2D eigenvalue weighted by Gasteiger charge is -2.13. The van der Waals surface area contributed by atoms with Gasteiger partial charge in [0.1, 0.15) is 5.75 Å². The number of thioether (sulfide) groups is 1. The first kappa shape index (κ1) is 11.4. The van der Waals surface area contributed by atoms with Crippen LogP contribution in [0.1, 0.15) is 11.7 Å². The first-order valence-corrected chi connectivity index (χ1v) is 5.55. The molecule has 0 spiro atoms. The molecule has 4 heteroatoms. The SMILES string of the molecule is COc1ccc(SC)cc1C(O)CN. The number of methoxy groups -OCH3 is 1. The van der Waals surface area contributed by atoms with E-state index in [1.54, 1.807) is 18.9 Å². The number of hydrogen-bond acceptors (Lipinski definition) is 4. The topological polar surface area (TPSA) is 55.5 Å². The second-order valence-electron chi connectivity index (χ2n) is 2.86. The molecule has 78 valence electrons. The van der Waals surface area contributed by atoms with E-state index < -0.39 is 6.10 Å². The van der Waals surface area contributed by atoms with Crippen molar-refractivity contribution >= 4 is 11.8 Å². The van der Waals surface area contributed by atoms with Crippen molar-refractivity contribution in [2.75, 3.05) is 19.9 Å². The molecule has 14 heavy (non-hydrogen) atoms. The molecule has 1 atom stereocenters. The Morgan fingerprint density at radius 3 is 2.79 bits per heavy atom. The van der Waals surface area contributed by atoms with Gasteiger partial charge in [0, 0.05) is 17.0 Å². The molecule has 0 aliphatic carbocycles. The van der Waals surface area contributed by atoms with Gasteiger partial charge in [-0.1, -0.05) is 0 Å². The molecule has 0 saturated carbocycles. The van der Waals surface area contributed by atoms with E-state index in [4.69, 9.17) is 10.5 Å². The standard InChI is InChI=1S/C10H15NO2S/c1-13-10-4-3-7(14-2)5-8(10)9(12)6-11/h3-5,9,12H,6,11H2,1-2H3. The van der Waals surface area contributed by atoms with Crippen molar-refractivity contribution in [1.82, 2.24) is 0 Å². The quantitative estimate of drug-likeness (QED) is 0.742. The van der Waals surface area contributed by atoms with Crippen LogP contribution >= 0.6 is 11.8 Å². The van der Waals surface area contributed by atoms with Gasteiger partial charge >= 0.3 is 0 Å². The smallest absolute Gasteiger partial charge is 0.124 e. The fourth-order valence-corrected chi connectivity index (χ4v) is 1.68. The molecular formula is C10H15NO2S. The van der Waals surface area contributed by atoms with E-state index in [-0.39, 0.29) is 6.54 Å². The summed E-state index contributed by atoms with van der Waals surface area (Å²) < 4.78 is 5.14. The lowest BCUT2D eigenvalue weighted by atomic mass is 10.1. The Kier molecular flexibility index (Phi) is 4.25. The normalized spacial score (nSPS) is 12.6. The minimum Gasteiger partial charge on any atom is -0.496 e. The van der Waals surface area contributed by atoms with Gasteiger partial charge in [-0.15, -0.1) is 11.8 Å². The zero-order chi connectivity index (χ0) is 10.6. The van der Waals surface area contributed by atoms with Crippen LogP contribution < -0.4 is 10.5 Å². The summed E-state index contributed by atoms with van der Waals surface area (Å²) in [6, 6.07) is 5.71. The van der Waals surface area contributed by atoms with E-state index >= 15 is 0 Å². The number of rotatable bonds is 4. The van der Waals surface area contributed by atoms with Crippen molar-refractivity contribution in [3.05, 3.63) is 23.8 Å². The molecule has 1 aromatic rings. The summed E-state index contributed by atoms with van der Waals surface area (Å²) in [5.41, 5.74) is 6.16. The van der Waals surface area contributed by atoms with Crippen LogP contribution in [-0.2, 0) is 0 Å². The van der Waals surface area contributed by atoms with Crippen LogP contribution in [0.2, 0.25) is 0 Å². The maximum atomic E-state index is 9.65. The van der Waals surface area contributed by atoms with Crippen molar-refractivity contribution < 1.29 is 9.84 Å². The average molecular weight is 213 g/mol. The highest BCUT2D eigenvalue weighted by atomic mass is 32.2. The predicted molar refractivity (Wildman–Crippen MR) is 58.8 cm³/mol. The summed E-state index contributed by atoms with van der Waals surface area (Å²) in [4.78, 5) is 1.09. The number of hydrogen-bond donors (Lipinski definition) is 2. The maximum Gasteiger partial charge on any atom is 0.124 e. The molecule has 0 aromatic heterocycles. The Balaban J connectivity index is 3.08. The second kappa shape index (κ2) is 5.24. The molecule has 0 heterocycles. The number of benzene rings is 1. The summed E-state index contributed by atoms with van der Waals surface area (Å²) in [7, 11) is 1.58. The molecule has 0 aliphatic heterocycles. The molecule has 0 amide bonds. The lowest BCUT2D eigenvalue weighted by molar-refractivity contribution is 0.182. The van der Waals surface area contributed by atoms with Crippen LogP contribution in [0, 0.1) is 0 Å². The minimum atomic E-state index is -0.656. The number of aliphatic hydroxyl groups is 1. The average Bonchev–Trinajstić information content (AvgIpc) is 2.27. The summed E-state index contributed by atoms with van der Waals surface area (Å²) >= 11 is 1.62. The molecule has 3 N–H and O–H groups in total. The molecule has 3 nitrogen and oxygen atoms in total. The predicted octanol–water partition coefficient (Wildman–Crippen LogP) is 1.41. The third-order valence-corrected chi connectivity index (χ3v) is 2.74. The van der Waals surface area contributed by atoms with Gasteiger partial charge in [-0.05, 0) is 24.5 Å². The van der Waals surface area contributed by atoms with Crippen molar-refractivity contribution in [3.63, 3.8) is 0 Å².